The summed E-state index contributed by atoms with van der Waals surface area (Å²) in [5.74, 6) is -0.585. The zero-order chi connectivity index (χ0) is 15.7. The summed E-state index contributed by atoms with van der Waals surface area (Å²) >= 11 is 0. The number of nitro groups is 1. The van der Waals surface area contributed by atoms with Crippen LogP contribution in [-0.4, -0.2) is 30.4 Å². The number of hydrogen-bond donors (Lipinski definition) is 1. The maximum Gasteiger partial charge on any atom is 0.320 e. The highest BCUT2D eigenvalue weighted by Gasteiger charge is 2.26. The molecule has 112 valence electrons. The third-order valence-corrected chi connectivity index (χ3v) is 3.09. The molecule has 0 aliphatic heterocycles. The van der Waals surface area contributed by atoms with Crippen LogP contribution in [-0.2, 0) is 14.1 Å². The number of aryl methyl sites for hydroxylation is 3. The maximum atomic E-state index is 12.2. The number of rotatable bonds is 4. The van der Waals surface area contributed by atoms with E-state index in [1.165, 1.54) is 17.9 Å². The average molecular weight is 292 g/mol. The summed E-state index contributed by atoms with van der Waals surface area (Å²) < 4.78 is 2.89. The lowest BCUT2D eigenvalue weighted by atomic mass is 10.1. The number of nitrogens with one attached hydrogen (secondary N) is 1. The highest BCUT2D eigenvalue weighted by atomic mass is 16.6. The lowest BCUT2D eigenvalue weighted by molar-refractivity contribution is -0.385. The molecule has 0 fully saturated rings. The van der Waals surface area contributed by atoms with Crippen LogP contribution >= 0.6 is 0 Å². The SMILES string of the molecule is Cc1nn(C)cc1C(C)NC(=O)c1nn(C)cc1[N+](=O)[O-]. The Morgan fingerprint density at radius 3 is 2.48 bits per heavy atom. The van der Waals surface area contributed by atoms with Gasteiger partial charge in [0, 0.05) is 25.9 Å². The molecule has 0 aliphatic rings. The van der Waals surface area contributed by atoms with E-state index in [4.69, 9.17) is 0 Å². The van der Waals surface area contributed by atoms with Crippen LogP contribution in [0.3, 0.4) is 0 Å². The summed E-state index contributed by atoms with van der Waals surface area (Å²) in [6.07, 6.45) is 3.00. The maximum absolute atomic E-state index is 12.2. The minimum Gasteiger partial charge on any atom is -0.344 e. The number of nitrogens with zero attached hydrogens (tertiary/aromatic N) is 5. The fraction of sp³-hybridized carbons (Fsp3) is 0.417. The molecule has 0 aliphatic carbocycles. The first-order chi connectivity index (χ1) is 9.79. The second kappa shape index (κ2) is 5.35. The van der Waals surface area contributed by atoms with Crippen LogP contribution in [0.5, 0.6) is 0 Å². The summed E-state index contributed by atoms with van der Waals surface area (Å²) in [5, 5.41) is 21.7. The quantitative estimate of drug-likeness (QED) is 0.664. The summed E-state index contributed by atoms with van der Waals surface area (Å²) in [5.41, 5.74) is 1.13. The summed E-state index contributed by atoms with van der Waals surface area (Å²) in [6.45, 7) is 3.62. The molecule has 1 unspecified atom stereocenters. The van der Waals surface area contributed by atoms with Crippen molar-refractivity contribution in [2.75, 3.05) is 0 Å². The molecule has 9 nitrogen and oxygen atoms in total. The minimum absolute atomic E-state index is 0.198. The molecule has 0 bridgehead atoms. The molecular formula is C12H16N6O3. The standard InChI is InChI=1S/C12H16N6O3/c1-7(9-5-16(3)14-8(9)2)13-12(19)11-10(18(20)21)6-17(4)15-11/h5-7H,1-4H3,(H,13,19). The topological polar surface area (TPSA) is 108 Å². The summed E-state index contributed by atoms with van der Waals surface area (Å²) in [6, 6.07) is -0.326. The first-order valence-corrected chi connectivity index (χ1v) is 6.28. The Morgan fingerprint density at radius 2 is 1.95 bits per heavy atom. The van der Waals surface area contributed by atoms with Crippen molar-refractivity contribution in [3.05, 3.63) is 39.5 Å². The van der Waals surface area contributed by atoms with Crippen LogP contribution in [0.25, 0.3) is 0 Å². The van der Waals surface area contributed by atoms with E-state index >= 15 is 0 Å². The van der Waals surface area contributed by atoms with Gasteiger partial charge in [0.15, 0.2) is 0 Å². The van der Waals surface area contributed by atoms with Gasteiger partial charge in [-0.15, -0.1) is 0 Å². The van der Waals surface area contributed by atoms with E-state index in [0.717, 1.165) is 11.3 Å². The number of carbonyl (C=O) groups excluding carboxylic acids is 1. The minimum atomic E-state index is -0.623. The van der Waals surface area contributed by atoms with Crippen LogP contribution in [0, 0.1) is 17.0 Å². The number of carbonyl (C=O) groups is 1. The van der Waals surface area contributed by atoms with E-state index in [1.807, 2.05) is 6.92 Å². The van der Waals surface area contributed by atoms with Crippen molar-refractivity contribution in [1.82, 2.24) is 24.9 Å². The summed E-state index contributed by atoms with van der Waals surface area (Å²) in [4.78, 5) is 22.5. The Morgan fingerprint density at radius 1 is 1.33 bits per heavy atom. The number of amides is 1. The van der Waals surface area contributed by atoms with Gasteiger partial charge in [-0.2, -0.15) is 10.2 Å². The molecular weight excluding hydrogens is 276 g/mol. The first kappa shape index (κ1) is 14.7. The lowest BCUT2D eigenvalue weighted by Crippen LogP contribution is -2.28. The van der Waals surface area contributed by atoms with E-state index in [2.05, 4.69) is 15.5 Å². The van der Waals surface area contributed by atoms with Crippen molar-refractivity contribution < 1.29 is 9.72 Å². The van der Waals surface area contributed by atoms with Gasteiger partial charge in [0.05, 0.1) is 16.7 Å². The van der Waals surface area contributed by atoms with Crippen molar-refractivity contribution in [3.63, 3.8) is 0 Å². The van der Waals surface area contributed by atoms with Gasteiger partial charge in [-0.25, -0.2) is 0 Å². The van der Waals surface area contributed by atoms with Crippen LogP contribution < -0.4 is 5.32 Å². The zero-order valence-corrected chi connectivity index (χ0v) is 12.2. The Hall–Kier alpha value is -2.71. The largest absolute Gasteiger partial charge is 0.344 e. The molecule has 0 aromatic carbocycles. The van der Waals surface area contributed by atoms with Crippen LogP contribution in [0.2, 0.25) is 0 Å². The number of hydrogen-bond acceptors (Lipinski definition) is 5. The first-order valence-electron chi connectivity index (χ1n) is 6.28. The molecule has 9 heteroatoms. The normalized spacial score (nSPS) is 12.2. The van der Waals surface area contributed by atoms with Crippen molar-refractivity contribution in [2.45, 2.75) is 19.9 Å². The van der Waals surface area contributed by atoms with E-state index in [1.54, 1.807) is 24.9 Å². The molecule has 2 aromatic rings. The fourth-order valence-electron chi connectivity index (χ4n) is 2.16. The smallest absolute Gasteiger partial charge is 0.320 e. The second-order valence-electron chi connectivity index (χ2n) is 4.83. The molecule has 1 amide bonds. The zero-order valence-electron chi connectivity index (χ0n) is 12.2. The molecule has 0 saturated carbocycles. The van der Waals surface area contributed by atoms with Gasteiger partial charge < -0.3 is 5.32 Å². The van der Waals surface area contributed by atoms with E-state index in [-0.39, 0.29) is 17.4 Å². The van der Waals surface area contributed by atoms with Crippen LogP contribution in [0.1, 0.15) is 34.7 Å². The lowest BCUT2D eigenvalue weighted by Gasteiger charge is -2.11. The van der Waals surface area contributed by atoms with Crippen molar-refractivity contribution >= 4 is 11.6 Å². The predicted octanol–water partition coefficient (Wildman–Crippen LogP) is 0.861. The fourth-order valence-corrected chi connectivity index (χ4v) is 2.16. The van der Waals surface area contributed by atoms with Gasteiger partial charge in [0.2, 0.25) is 5.69 Å². The van der Waals surface area contributed by atoms with E-state index in [9.17, 15) is 14.9 Å². The van der Waals surface area contributed by atoms with Crippen LogP contribution in [0.15, 0.2) is 12.4 Å². The second-order valence-corrected chi connectivity index (χ2v) is 4.83. The van der Waals surface area contributed by atoms with Gasteiger partial charge in [0.1, 0.15) is 6.20 Å². The van der Waals surface area contributed by atoms with E-state index < -0.39 is 10.8 Å². The highest BCUT2D eigenvalue weighted by molar-refractivity contribution is 5.96. The molecule has 1 N–H and O–H groups in total. The Kier molecular flexibility index (Phi) is 3.74. The molecule has 2 heterocycles. The summed E-state index contributed by atoms with van der Waals surface area (Å²) in [7, 11) is 3.31. The molecule has 1 atom stereocenters. The third kappa shape index (κ3) is 2.91. The Bertz CT molecular complexity index is 702. The third-order valence-electron chi connectivity index (χ3n) is 3.09. The molecule has 0 spiro atoms. The van der Waals surface area contributed by atoms with Gasteiger partial charge in [0.25, 0.3) is 5.91 Å². The van der Waals surface area contributed by atoms with Gasteiger partial charge in [-0.05, 0) is 13.8 Å². The predicted molar refractivity (Wildman–Crippen MR) is 73.7 cm³/mol. The van der Waals surface area contributed by atoms with Crippen molar-refractivity contribution in [2.24, 2.45) is 14.1 Å². The van der Waals surface area contributed by atoms with Gasteiger partial charge in [-0.1, -0.05) is 0 Å². The van der Waals surface area contributed by atoms with Crippen molar-refractivity contribution in [3.8, 4) is 0 Å². The Balaban J connectivity index is 2.22. The molecule has 2 aromatic heterocycles. The van der Waals surface area contributed by atoms with E-state index in [0.29, 0.717) is 0 Å². The average Bonchev–Trinajstić information content (AvgIpc) is 2.92. The van der Waals surface area contributed by atoms with Gasteiger partial charge in [-0.3, -0.25) is 24.3 Å². The van der Waals surface area contributed by atoms with Gasteiger partial charge >= 0.3 is 5.69 Å². The molecule has 0 radical (unpaired) electrons. The molecule has 21 heavy (non-hydrogen) atoms. The highest BCUT2D eigenvalue weighted by Crippen LogP contribution is 2.19. The number of aromatic nitrogens is 4. The molecule has 0 saturated heterocycles. The Labute approximate surface area is 120 Å². The molecule has 2 rings (SSSR count). The monoisotopic (exact) mass is 292 g/mol. The van der Waals surface area contributed by atoms with Crippen molar-refractivity contribution in [1.29, 1.82) is 0 Å². The van der Waals surface area contributed by atoms with Crippen LogP contribution in [0.4, 0.5) is 5.69 Å².